The van der Waals surface area contributed by atoms with Crippen LogP contribution in [0.5, 0.6) is 5.75 Å². The predicted octanol–water partition coefficient (Wildman–Crippen LogP) is 3.61. The first-order chi connectivity index (χ1) is 16.4. The van der Waals surface area contributed by atoms with Crippen molar-refractivity contribution in [3.8, 4) is 5.75 Å². The number of H-pyrrole nitrogens is 1. The Hall–Kier alpha value is -2.82. The summed E-state index contributed by atoms with van der Waals surface area (Å²) in [4.78, 5) is 15.0. The molecule has 1 unspecified atom stereocenters. The van der Waals surface area contributed by atoms with Crippen LogP contribution in [0.15, 0.2) is 63.6 Å². The number of hydrogen-bond donors (Lipinski definition) is 1. The number of rotatable bonds is 7. The lowest BCUT2D eigenvalue weighted by Gasteiger charge is -2.54. The highest BCUT2D eigenvalue weighted by atomic mass is 32.2. The lowest BCUT2D eigenvalue weighted by molar-refractivity contribution is -0.884. The van der Waals surface area contributed by atoms with Gasteiger partial charge >= 0.3 is 0 Å². The standard InChI is InChI=1S/C25H27N3O5S/c29-25-9-7-19-6-8-20(18-22(19)26-25)33-16-2-1-11-27(30)12-14-28(31,15-13-27)23-4-3-5-24-21(23)10-17-34(24)32/h3-10,17-18H,1-2,11-16H2,(H,26,29). The van der Waals surface area contributed by atoms with Gasteiger partial charge in [-0.05, 0) is 42.1 Å². The Morgan fingerprint density at radius 1 is 1.00 bits per heavy atom. The smallest absolute Gasteiger partial charge is 0.248 e. The van der Waals surface area contributed by atoms with Crippen molar-refractivity contribution in [3.63, 3.8) is 0 Å². The monoisotopic (exact) mass is 481 g/mol. The molecule has 1 fully saturated rings. The van der Waals surface area contributed by atoms with E-state index in [1.807, 2.05) is 12.1 Å². The van der Waals surface area contributed by atoms with Gasteiger partial charge in [0.2, 0.25) is 5.56 Å². The van der Waals surface area contributed by atoms with Crippen LogP contribution in [0.25, 0.3) is 17.0 Å². The summed E-state index contributed by atoms with van der Waals surface area (Å²) in [5.74, 6) is 0.678. The van der Waals surface area contributed by atoms with Gasteiger partial charge in [-0.15, -0.1) is 0 Å². The van der Waals surface area contributed by atoms with Gasteiger partial charge in [0.15, 0.2) is 0 Å². The van der Waals surface area contributed by atoms with Crippen LogP contribution in [0.1, 0.15) is 18.4 Å². The summed E-state index contributed by atoms with van der Waals surface area (Å²) >= 11 is 0. The molecule has 2 aromatic carbocycles. The van der Waals surface area contributed by atoms with E-state index in [0.717, 1.165) is 22.9 Å². The number of pyridine rings is 1. The highest BCUT2D eigenvalue weighted by Gasteiger charge is 2.36. The van der Waals surface area contributed by atoms with E-state index in [-0.39, 0.29) is 36.4 Å². The second kappa shape index (κ2) is 9.09. The lowest BCUT2D eigenvalue weighted by Crippen LogP contribution is -2.63. The van der Waals surface area contributed by atoms with Crippen LogP contribution in [0, 0.1) is 10.4 Å². The molecule has 2 aliphatic heterocycles. The molecule has 1 aromatic heterocycles. The number of unbranched alkanes of at least 4 members (excludes halogenated alkanes) is 1. The average molecular weight is 482 g/mol. The number of fused-ring (bicyclic) bond motifs is 2. The minimum atomic E-state index is -1.20. The first-order valence-corrected chi connectivity index (χ1v) is 12.7. The van der Waals surface area contributed by atoms with Crippen LogP contribution in [0.2, 0.25) is 0 Å². The molecule has 178 valence electrons. The Balaban J connectivity index is 1.12. The molecule has 0 aliphatic carbocycles. The fraction of sp³-hybridized carbons (Fsp3) is 0.320. The minimum absolute atomic E-state index is 0.153. The summed E-state index contributed by atoms with van der Waals surface area (Å²) in [6.45, 7) is 1.88. The Kier molecular flexibility index (Phi) is 6.13. The number of aromatic amines is 1. The van der Waals surface area contributed by atoms with E-state index >= 15 is 0 Å². The minimum Gasteiger partial charge on any atom is -0.632 e. The molecule has 1 N–H and O–H groups in total. The molecule has 0 bridgehead atoms. The van der Waals surface area contributed by atoms with Gasteiger partial charge in [0.1, 0.15) is 37.6 Å². The first kappa shape index (κ1) is 22.9. The van der Waals surface area contributed by atoms with Crippen molar-refractivity contribution >= 4 is 33.5 Å². The van der Waals surface area contributed by atoms with Crippen LogP contribution in [0.4, 0.5) is 5.69 Å². The van der Waals surface area contributed by atoms with Crippen molar-refractivity contribution in [2.75, 3.05) is 39.3 Å². The van der Waals surface area contributed by atoms with Crippen LogP contribution in [-0.4, -0.2) is 53.2 Å². The maximum Gasteiger partial charge on any atom is 0.248 e. The zero-order valence-electron chi connectivity index (χ0n) is 18.8. The van der Waals surface area contributed by atoms with Crippen molar-refractivity contribution < 1.29 is 13.6 Å². The van der Waals surface area contributed by atoms with Gasteiger partial charge in [-0.3, -0.25) is 4.79 Å². The third-order valence-electron chi connectivity index (χ3n) is 6.72. The van der Waals surface area contributed by atoms with E-state index in [9.17, 15) is 19.4 Å². The van der Waals surface area contributed by atoms with Gasteiger partial charge in [-0.2, -0.15) is 0 Å². The summed E-state index contributed by atoms with van der Waals surface area (Å²) < 4.78 is 17.0. The molecule has 3 aromatic rings. The lowest BCUT2D eigenvalue weighted by atomic mass is 10.1. The molecule has 1 atom stereocenters. The van der Waals surface area contributed by atoms with Gasteiger partial charge in [-0.1, -0.05) is 6.07 Å². The zero-order chi connectivity index (χ0) is 23.8. The van der Waals surface area contributed by atoms with Gasteiger partial charge in [0.25, 0.3) is 0 Å². The van der Waals surface area contributed by atoms with Crippen LogP contribution >= 0.6 is 0 Å². The number of ether oxygens (including phenoxy) is 1. The Labute approximate surface area is 199 Å². The van der Waals surface area contributed by atoms with E-state index in [0.29, 0.717) is 35.9 Å². The molecule has 3 heterocycles. The molecule has 34 heavy (non-hydrogen) atoms. The molecule has 8 nitrogen and oxygen atoms in total. The predicted molar refractivity (Wildman–Crippen MR) is 134 cm³/mol. The number of piperazine rings is 1. The fourth-order valence-electron chi connectivity index (χ4n) is 4.72. The normalized spacial score (nSPS) is 26.0. The van der Waals surface area contributed by atoms with Gasteiger partial charge in [0, 0.05) is 30.0 Å². The van der Waals surface area contributed by atoms with Crippen LogP contribution < -0.4 is 14.9 Å². The molecule has 0 radical (unpaired) electrons. The Morgan fingerprint density at radius 3 is 2.62 bits per heavy atom. The average Bonchev–Trinajstić information content (AvgIpc) is 3.22. The Morgan fingerprint density at radius 2 is 1.79 bits per heavy atom. The number of nitrogens with one attached hydrogen (secondary N) is 1. The van der Waals surface area contributed by atoms with E-state index in [4.69, 9.17) is 4.74 Å². The highest BCUT2D eigenvalue weighted by molar-refractivity contribution is 7.88. The second-order valence-electron chi connectivity index (χ2n) is 8.98. The number of hydrogen-bond acceptors (Lipinski definition) is 5. The van der Waals surface area contributed by atoms with E-state index < -0.39 is 15.4 Å². The fourth-order valence-corrected chi connectivity index (χ4v) is 5.73. The maximum absolute atomic E-state index is 13.5. The molecule has 1 saturated heterocycles. The highest BCUT2D eigenvalue weighted by Crippen LogP contribution is 2.37. The SMILES string of the molecule is O=c1ccc2ccc(OCCCC[N+]3([O-])CC[N+]([O-])(c4cccc5c4C=CS5=O)CC3)cc2[nH]1. The van der Waals surface area contributed by atoms with Crippen molar-refractivity contribution in [2.24, 2.45) is 0 Å². The number of nitrogens with zero attached hydrogens (tertiary/aromatic N) is 2. The molecule has 9 heteroatoms. The van der Waals surface area contributed by atoms with Crippen molar-refractivity contribution in [1.29, 1.82) is 0 Å². The van der Waals surface area contributed by atoms with E-state index in [1.165, 1.54) is 6.07 Å². The van der Waals surface area contributed by atoms with Gasteiger partial charge < -0.3 is 29.4 Å². The second-order valence-corrected chi connectivity index (χ2v) is 10.3. The summed E-state index contributed by atoms with van der Waals surface area (Å²) in [5.41, 5.74) is 1.93. The third-order valence-corrected chi connectivity index (χ3v) is 7.89. The van der Waals surface area contributed by atoms with Crippen LogP contribution in [0.3, 0.4) is 0 Å². The molecular formula is C25H27N3O5S. The quantitative estimate of drug-likeness (QED) is 0.315. The molecule has 0 spiro atoms. The molecular weight excluding hydrogens is 454 g/mol. The van der Waals surface area contributed by atoms with Gasteiger partial charge in [0.05, 0.1) is 39.9 Å². The van der Waals surface area contributed by atoms with E-state index in [2.05, 4.69) is 4.98 Å². The number of benzene rings is 2. The third kappa shape index (κ3) is 4.57. The molecule has 0 saturated carbocycles. The number of hydroxylamine groups is 5. The zero-order valence-corrected chi connectivity index (χ0v) is 19.6. The Bertz CT molecular complexity index is 1330. The van der Waals surface area contributed by atoms with Gasteiger partial charge in [-0.25, -0.2) is 4.21 Å². The summed E-state index contributed by atoms with van der Waals surface area (Å²) in [6, 6.07) is 14.2. The molecule has 0 amide bonds. The number of quaternary nitrogens is 2. The van der Waals surface area contributed by atoms with E-state index in [1.54, 1.807) is 41.8 Å². The molecule has 2 aliphatic rings. The number of aromatic nitrogens is 1. The maximum atomic E-state index is 13.5. The summed E-state index contributed by atoms with van der Waals surface area (Å²) in [6.07, 6.45) is 3.20. The van der Waals surface area contributed by atoms with Crippen molar-refractivity contribution in [3.05, 3.63) is 80.3 Å². The summed E-state index contributed by atoms with van der Waals surface area (Å²) in [5, 5.41) is 29.3. The largest absolute Gasteiger partial charge is 0.632 e. The first-order valence-electron chi connectivity index (χ1n) is 11.5. The topological polar surface area (TPSA) is 105 Å². The van der Waals surface area contributed by atoms with Crippen LogP contribution in [-0.2, 0) is 10.8 Å². The van der Waals surface area contributed by atoms with Crippen molar-refractivity contribution in [1.82, 2.24) is 9.63 Å². The molecule has 5 rings (SSSR count). The van der Waals surface area contributed by atoms with Crippen molar-refractivity contribution in [2.45, 2.75) is 17.7 Å². The summed E-state index contributed by atoms with van der Waals surface area (Å²) in [7, 11) is -1.20.